The number of aromatic nitrogens is 5. The van der Waals surface area contributed by atoms with Gasteiger partial charge in [-0.2, -0.15) is 9.97 Å². The molecule has 0 saturated heterocycles. The standard InChI is InChI=1S/C81H53N5/c1-7-23-54(24-8-1)60-39-42-76-71(51-60)69-35-19-21-37-74(69)85(76)75-38-22-20-36-70(75)80-82-79(59-33-17-6-18-34-59)83-81(84-80)86-77-43-40-61(67-47-63(55-25-9-2-10-26-55)45-64(48-67)56-27-11-3-12-28-56)52-72(77)73-53-62(41-44-78(73)86)68-49-65(57-29-13-4-14-30-57)46-66(50-68)58-31-15-5-16-32-58/h1-53H. The molecule has 5 heteroatoms. The van der Waals surface area contributed by atoms with Crippen LogP contribution in [0.15, 0.2) is 322 Å². The number of benzene rings is 13. The molecule has 86 heavy (non-hydrogen) atoms. The van der Waals surface area contributed by atoms with Gasteiger partial charge in [-0.25, -0.2) is 4.98 Å². The second-order valence-corrected chi connectivity index (χ2v) is 22.0. The lowest BCUT2D eigenvalue weighted by Crippen LogP contribution is -2.07. The average molecular weight is 1100 g/mol. The van der Waals surface area contributed by atoms with Crippen LogP contribution in [-0.2, 0) is 0 Å². The highest BCUT2D eigenvalue weighted by Gasteiger charge is 2.23. The molecule has 0 aliphatic carbocycles. The van der Waals surface area contributed by atoms with Crippen LogP contribution in [-0.4, -0.2) is 24.1 Å². The van der Waals surface area contributed by atoms with Crippen LogP contribution < -0.4 is 0 Å². The number of fused-ring (bicyclic) bond motifs is 6. The van der Waals surface area contributed by atoms with Gasteiger partial charge in [0.1, 0.15) is 0 Å². The van der Waals surface area contributed by atoms with E-state index in [1.54, 1.807) is 0 Å². The Balaban J connectivity index is 0.933. The van der Waals surface area contributed by atoms with Gasteiger partial charge in [0.05, 0.1) is 27.8 Å². The first-order chi connectivity index (χ1) is 42.6. The van der Waals surface area contributed by atoms with Crippen molar-refractivity contribution in [2.24, 2.45) is 0 Å². The molecule has 0 bridgehead atoms. The minimum atomic E-state index is 0.522. The lowest BCUT2D eigenvalue weighted by Gasteiger charge is -2.15. The molecule has 5 nitrogen and oxygen atoms in total. The first-order valence-electron chi connectivity index (χ1n) is 29.2. The van der Waals surface area contributed by atoms with Crippen LogP contribution in [0, 0.1) is 0 Å². The van der Waals surface area contributed by atoms with Gasteiger partial charge < -0.3 is 4.57 Å². The van der Waals surface area contributed by atoms with E-state index in [1.165, 1.54) is 44.2 Å². The van der Waals surface area contributed by atoms with Crippen molar-refractivity contribution in [3.63, 3.8) is 0 Å². The summed E-state index contributed by atoms with van der Waals surface area (Å²) in [7, 11) is 0. The molecule has 0 aliphatic heterocycles. The van der Waals surface area contributed by atoms with Crippen LogP contribution in [0.2, 0.25) is 0 Å². The van der Waals surface area contributed by atoms with Crippen molar-refractivity contribution in [3.05, 3.63) is 322 Å². The third-order valence-corrected chi connectivity index (χ3v) is 16.7. The van der Waals surface area contributed by atoms with Gasteiger partial charge in [-0.15, -0.1) is 0 Å². The smallest absolute Gasteiger partial charge is 0.238 e. The van der Waals surface area contributed by atoms with Gasteiger partial charge in [-0.3, -0.25) is 4.57 Å². The van der Waals surface area contributed by atoms with E-state index in [0.717, 1.165) is 94.2 Å². The Morgan fingerprint density at radius 3 is 0.953 bits per heavy atom. The van der Waals surface area contributed by atoms with Crippen molar-refractivity contribution >= 4 is 43.6 Å². The molecule has 402 valence electrons. The summed E-state index contributed by atoms with van der Waals surface area (Å²) in [5, 5.41) is 4.51. The quantitative estimate of drug-likeness (QED) is 0.130. The van der Waals surface area contributed by atoms with Crippen LogP contribution in [0.5, 0.6) is 0 Å². The zero-order valence-electron chi connectivity index (χ0n) is 46.8. The number of hydrogen-bond acceptors (Lipinski definition) is 3. The van der Waals surface area contributed by atoms with Crippen molar-refractivity contribution in [3.8, 4) is 112 Å². The number of nitrogens with zero attached hydrogens (tertiary/aromatic N) is 5. The molecule has 0 fully saturated rings. The molecule has 16 aromatic rings. The van der Waals surface area contributed by atoms with Crippen LogP contribution in [0.4, 0.5) is 0 Å². The van der Waals surface area contributed by atoms with E-state index in [9.17, 15) is 0 Å². The number of rotatable bonds is 11. The molecule has 0 saturated carbocycles. The zero-order chi connectivity index (χ0) is 56.9. The van der Waals surface area contributed by atoms with Crippen LogP contribution in [0.25, 0.3) is 156 Å². The first-order valence-corrected chi connectivity index (χ1v) is 29.2. The van der Waals surface area contributed by atoms with Gasteiger partial charge in [0, 0.05) is 32.7 Å². The summed E-state index contributed by atoms with van der Waals surface area (Å²) in [4.78, 5) is 16.5. The Hall–Kier alpha value is -11.5. The second-order valence-electron chi connectivity index (χ2n) is 22.0. The fourth-order valence-corrected chi connectivity index (χ4v) is 12.6. The maximum atomic E-state index is 5.63. The summed E-state index contributed by atoms with van der Waals surface area (Å²) in [6.45, 7) is 0. The molecule has 0 unspecified atom stereocenters. The summed E-state index contributed by atoms with van der Waals surface area (Å²) < 4.78 is 4.62. The van der Waals surface area contributed by atoms with Crippen molar-refractivity contribution < 1.29 is 0 Å². The van der Waals surface area contributed by atoms with Crippen molar-refractivity contribution in [1.82, 2.24) is 24.1 Å². The lowest BCUT2D eigenvalue weighted by molar-refractivity contribution is 0.951. The van der Waals surface area contributed by atoms with Crippen LogP contribution in [0.3, 0.4) is 0 Å². The maximum absolute atomic E-state index is 5.63. The second kappa shape index (κ2) is 21.3. The highest BCUT2D eigenvalue weighted by molar-refractivity contribution is 6.13. The molecule has 0 N–H and O–H groups in total. The topological polar surface area (TPSA) is 48.5 Å². The van der Waals surface area contributed by atoms with Gasteiger partial charge >= 0.3 is 0 Å². The lowest BCUT2D eigenvalue weighted by atomic mass is 9.92. The third-order valence-electron chi connectivity index (χ3n) is 16.7. The third kappa shape index (κ3) is 9.12. The van der Waals surface area contributed by atoms with Gasteiger partial charge in [0.2, 0.25) is 5.95 Å². The maximum Gasteiger partial charge on any atom is 0.238 e. The van der Waals surface area contributed by atoms with Crippen LogP contribution in [0.1, 0.15) is 0 Å². The predicted octanol–water partition coefficient (Wildman–Crippen LogP) is 21.1. The summed E-state index contributed by atoms with van der Waals surface area (Å²) >= 11 is 0. The Kier molecular flexibility index (Phi) is 12.5. The van der Waals surface area contributed by atoms with E-state index in [0.29, 0.717) is 17.6 Å². The molecule has 0 amide bonds. The Morgan fingerprint density at radius 1 is 0.186 bits per heavy atom. The molecular formula is C81H53N5. The average Bonchev–Trinajstić information content (AvgIpc) is 2.06. The summed E-state index contributed by atoms with van der Waals surface area (Å²) in [6.07, 6.45) is 0. The van der Waals surface area contributed by atoms with Gasteiger partial charge in [0.15, 0.2) is 11.6 Å². The van der Waals surface area contributed by atoms with E-state index in [-0.39, 0.29) is 0 Å². The van der Waals surface area contributed by atoms with Crippen LogP contribution >= 0.6 is 0 Å². The SMILES string of the molecule is c1ccc(-c2cc(-c3ccccc3)cc(-c3ccc4c(c3)c3cc(-c5cc(-c6ccccc6)cc(-c6ccccc6)c5)ccc3n4-c3nc(-c4ccccc4)nc(-c4ccccc4-n4c5ccccc5c5cc(-c6ccccc6)ccc54)n3)c2)cc1. The molecule has 3 heterocycles. The molecule has 0 radical (unpaired) electrons. The molecular weight excluding hydrogens is 1040 g/mol. The summed E-state index contributed by atoms with van der Waals surface area (Å²) in [6, 6.07) is 115. The van der Waals surface area contributed by atoms with Crippen molar-refractivity contribution in [1.29, 1.82) is 0 Å². The number of hydrogen-bond donors (Lipinski definition) is 0. The fraction of sp³-hybridized carbons (Fsp3) is 0. The Morgan fingerprint density at radius 2 is 0.500 bits per heavy atom. The number of para-hydroxylation sites is 2. The van der Waals surface area contributed by atoms with Gasteiger partial charge in [-0.05, 0) is 169 Å². The first kappa shape index (κ1) is 50.2. The minimum Gasteiger partial charge on any atom is -0.309 e. The van der Waals surface area contributed by atoms with E-state index in [2.05, 4.69) is 312 Å². The van der Waals surface area contributed by atoms with E-state index in [1.807, 2.05) is 18.2 Å². The zero-order valence-corrected chi connectivity index (χ0v) is 46.8. The minimum absolute atomic E-state index is 0.522. The van der Waals surface area contributed by atoms with Crippen molar-refractivity contribution in [2.75, 3.05) is 0 Å². The molecule has 13 aromatic carbocycles. The van der Waals surface area contributed by atoms with E-state index < -0.39 is 0 Å². The normalized spacial score (nSPS) is 11.5. The van der Waals surface area contributed by atoms with E-state index in [4.69, 9.17) is 15.0 Å². The van der Waals surface area contributed by atoms with Crippen molar-refractivity contribution in [2.45, 2.75) is 0 Å². The molecule has 0 spiro atoms. The Labute approximate surface area is 498 Å². The largest absolute Gasteiger partial charge is 0.309 e. The Bertz CT molecular complexity index is 4890. The highest BCUT2D eigenvalue weighted by Crippen LogP contribution is 2.43. The molecule has 0 atom stereocenters. The molecule has 3 aromatic heterocycles. The molecule has 0 aliphatic rings. The highest BCUT2D eigenvalue weighted by atomic mass is 15.2. The summed E-state index contributed by atoms with van der Waals surface area (Å²) in [5.41, 5.74) is 23.0. The fourth-order valence-electron chi connectivity index (χ4n) is 12.6. The predicted molar refractivity (Wildman–Crippen MR) is 357 cm³/mol. The van der Waals surface area contributed by atoms with E-state index >= 15 is 0 Å². The molecule has 16 rings (SSSR count). The van der Waals surface area contributed by atoms with Gasteiger partial charge in [0.25, 0.3) is 0 Å². The summed E-state index contributed by atoms with van der Waals surface area (Å²) in [5.74, 6) is 1.67. The van der Waals surface area contributed by atoms with Gasteiger partial charge in [-0.1, -0.05) is 231 Å². The monoisotopic (exact) mass is 1100 g/mol.